The van der Waals surface area contributed by atoms with Gasteiger partial charge in [-0.05, 0) is 44.5 Å². The number of likely N-dealkylation sites (N-methyl/N-ethyl adjacent to an activating group) is 1. The molecule has 0 unspecified atom stereocenters. The molecule has 1 atom stereocenters. The minimum atomic E-state index is -0.384. The van der Waals surface area contributed by atoms with E-state index in [1.165, 1.54) is 6.42 Å². The molecule has 1 aliphatic rings. The Morgan fingerprint density at radius 2 is 1.83 bits per heavy atom. The number of rotatable bonds is 5. The quantitative estimate of drug-likeness (QED) is 0.802. The second kappa shape index (κ2) is 9.18. The zero-order valence-corrected chi connectivity index (χ0v) is 15.9. The van der Waals surface area contributed by atoms with Gasteiger partial charge < -0.3 is 5.32 Å². The summed E-state index contributed by atoms with van der Waals surface area (Å²) >= 11 is 3.41. The van der Waals surface area contributed by atoms with Gasteiger partial charge in [-0.25, -0.2) is 4.79 Å². The van der Waals surface area contributed by atoms with Crippen LogP contribution in [0.4, 0.5) is 4.79 Å². The zero-order chi connectivity index (χ0) is 17.5. The van der Waals surface area contributed by atoms with Gasteiger partial charge in [-0.15, -0.1) is 0 Å². The highest BCUT2D eigenvalue weighted by molar-refractivity contribution is 9.10. The number of hydrogen-bond acceptors (Lipinski definition) is 3. The van der Waals surface area contributed by atoms with Gasteiger partial charge >= 0.3 is 6.03 Å². The Labute approximate surface area is 152 Å². The molecular formula is C18H26BrN3O2. The van der Waals surface area contributed by atoms with Gasteiger partial charge in [0.2, 0.25) is 5.91 Å². The van der Waals surface area contributed by atoms with E-state index in [-0.39, 0.29) is 24.0 Å². The average Bonchev–Trinajstić information content (AvgIpc) is 2.57. The lowest BCUT2D eigenvalue weighted by atomic mass is 9.96. The monoisotopic (exact) mass is 395 g/mol. The molecule has 0 radical (unpaired) electrons. The number of halogens is 1. The standard InChI is InChI=1S/C18H26BrN3O2/c1-13(22(2)12-14-8-10-15(19)11-9-14)17(23)21-18(24)20-16-6-4-3-5-7-16/h8-11,13,16H,3-7,12H2,1-2H3,(H2,20,21,23,24)/t13-/m1/s1. The molecule has 0 saturated heterocycles. The predicted octanol–water partition coefficient (Wildman–Crippen LogP) is 3.43. The molecule has 6 heteroatoms. The SMILES string of the molecule is C[C@H](C(=O)NC(=O)NC1CCCCC1)N(C)Cc1ccc(Br)cc1. The number of imide groups is 1. The molecule has 0 heterocycles. The average molecular weight is 396 g/mol. The first kappa shape index (κ1) is 18.9. The summed E-state index contributed by atoms with van der Waals surface area (Å²) in [4.78, 5) is 26.2. The van der Waals surface area contributed by atoms with E-state index < -0.39 is 0 Å². The second-order valence-corrected chi connectivity index (χ2v) is 7.43. The third-order valence-electron chi connectivity index (χ3n) is 4.56. The van der Waals surface area contributed by atoms with Crippen LogP contribution in [0.1, 0.15) is 44.6 Å². The number of amides is 3. The van der Waals surface area contributed by atoms with Crippen molar-refractivity contribution in [2.75, 3.05) is 7.05 Å². The first-order valence-electron chi connectivity index (χ1n) is 8.51. The van der Waals surface area contributed by atoms with E-state index >= 15 is 0 Å². The summed E-state index contributed by atoms with van der Waals surface area (Å²) in [6.07, 6.45) is 5.52. The van der Waals surface area contributed by atoms with Crippen LogP contribution < -0.4 is 10.6 Å². The summed E-state index contributed by atoms with van der Waals surface area (Å²) in [6.45, 7) is 2.45. The van der Waals surface area contributed by atoms with Crippen molar-refractivity contribution in [1.82, 2.24) is 15.5 Å². The summed E-state index contributed by atoms with van der Waals surface area (Å²) in [5, 5.41) is 5.37. The number of benzene rings is 1. The van der Waals surface area contributed by atoms with Gasteiger partial charge in [-0.2, -0.15) is 0 Å². The summed E-state index contributed by atoms with van der Waals surface area (Å²) in [7, 11) is 1.88. The van der Waals surface area contributed by atoms with Gasteiger partial charge in [0.25, 0.3) is 0 Å². The highest BCUT2D eigenvalue weighted by Crippen LogP contribution is 2.17. The van der Waals surface area contributed by atoms with E-state index in [0.717, 1.165) is 35.7 Å². The summed E-state index contributed by atoms with van der Waals surface area (Å²) < 4.78 is 1.03. The van der Waals surface area contributed by atoms with Gasteiger partial charge in [-0.1, -0.05) is 47.3 Å². The fourth-order valence-corrected chi connectivity index (χ4v) is 3.16. The Morgan fingerprint density at radius 1 is 1.21 bits per heavy atom. The third kappa shape index (κ3) is 5.91. The second-order valence-electron chi connectivity index (χ2n) is 6.52. The van der Waals surface area contributed by atoms with Crippen molar-refractivity contribution in [3.63, 3.8) is 0 Å². The Hall–Kier alpha value is -1.40. The van der Waals surface area contributed by atoms with Crippen molar-refractivity contribution >= 4 is 27.9 Å². The van der Waals surface area contributed by atoms with E-state index in [9.17, 15) is 9.59 Å². The fourth-order valence-electron chi connectivity index (χ4n) is 2.90. The highest BCUT2D eigenvalue weighted by Gasteiger charge is 2.22. The summed E-state index contributed by atoms with van der Waals surface area (Å²) in [5.74, 6) is -0.275. The topological polar surface area (TPSA) is 61.4 Å². The lowest BCUT2D eigenvalue weighted by Crippen LogP contribution is -2.50. The maximum atomic E-state index is 12.3. The molecule has 0 bridgehead atoms. The number of nitrogens with one attached hydrogen (secondary N) is 2. The van der Waals surface area contributed by atoms with Crippen molar-refractivity contribution in [2.24, 2.45) is 0 Å². The Bertz CT molecular complexity index is 556. The maximum Gasteiger partial charge on any atom is 0.321 e. The molecule has 1 aromatic rings. The van der Waals surface area contributed by atoms with Crippen molar-refractivity contribution in [1.29, 1.82) is 0 Å². The van der Waals surface area contributed by atoms with Gasteiger partial charge in [0.15, 0.2) is 0 Å². The van der Waals surface area contributed by atoms with Crippen LogP contribution in [0.3, 0.4) is 0 Å². The van der Waals surface area contributed by atoms with Crippen molar-refractivity contribution in [2.45, 2.75) is 57.7 Å². The molecule has 0 aliphatic heterocycles. The summed E-state index contributed by atoms with van der Waals surface area (Å²) in [5.41, 5.74) is 1.12. The molecule has 1 aromatic carbocycles. The van der Waals surface area contributed by atoms with Crippen LogP contribution in [0.25, 0.3) is 0 Å². The van der Waals surface area contributed by atoms with Crippen LogP contribution >= 0.6 is 15.9 Å². The largest absolute Gasteiger partial charge is 0.335 e. The van der Waals surface area contributed by atoms with Gasteiger partial charge in [0.1, 0.15) is 0 Å². The number of nitrogens with zero attached hydrogens (tertiary/aromatic N) is 1. The highest BCUT2D eigenvalue weighted by atomic mass is 79.9. The van der Waals surface area contributed by atoms with Crippen LogP contribution in [-0.2, 0) is 11.3 Å². The summed E-state index contributed by atoms with van der Waals surface area (Å²) in [6, 6.07) is 7.42. The molecule has 132 valence electrons. The molecule has 2 rings (SSSR count). The molecule has 0 aromatic heterocycles. The first-order valence-corrected chi connectivity index (χ1v) is 9.31. The molecule has 24 heavy (non-hydrogen) atoms. The predicted molar refractivity (Wildman–Crippen MR) is 98.6 cm³/mol. The molecule has 0 spiro atoms. The van der Waals surface area contributed by atoms with Crippen molar-refractivity contribution < 1.29 is 9.59 Å². The van der Waals surface area contributed by atoms with Crippen molar-refractivity contribution in [3.8, 4) is 0 Å². The van der Waals surface area contributed by atoms with E-state index in [4.69, 9.17) is 0 Å². The molecule has 1 fully saturated rings. The van der Waals surface area contributed by atoms with Gasteiger partial charge in [0.05, 0.1) is 6.04 Å². The molecule has 2 N–H and O–H groups in total. The number of carbonyl (C=O) groups is 2. The molecule has 5 nitrogen and oxygen atoms in total. The maximum absolute atomic E-state index is 12.3. The first-order chi connectivity index (χ1) is 11.5. The van der Waals surface area contributed by atoms with Crippen LogP contribution in [-0.4, -0.2) is 36.0 Å². The molecular weight excluding hydrogens is 370 g/mol. The van der Waals surface area contributed by atoms with Crippen LogP contribution in [0.5, 0.6) is 0 Å². The lowest BCUT2D eigenvalue weighted by molar-refractivity contribution is -0.124. The zero-order valence-electron chi connectivity index (χ0n) is 14.3. The van der Waals surface area contributed by atoms with Crippen LogP contribution in [0.15, 0.2) is 28.7 Å². The Kier molecular flexibility index (Phi) is 7.24. The van der Waals surface area contributed by atoms with Crippen LogP contribution in [0.2, 0.25) is 0 Å². The molecule has 3 amide bonds. The van der Waals surface area contributed by atoms with E-state index in [1.807, 2.05) is 43.1 Å². The third-order valence-corrected chi connectivity index (χ3v) is 5.09. The normalized spacial score (nSPS) is 16.7. The van der Waals surface area contributed by atoms with Gasteiger partial charge in [0, 0.05) is 17.1 Å². The number of carbonyl (C=O) groups excluding carboxylic acids is 2. The van der Waals surface area contributed by atoms with Crippen LogP contribution in [0, 0.1) is 0 Å². The lowest BCUT2D eigenvalue weighted by Gasteiger charge is -2.25. The smallest absolute Gasteiger partial charge is 0.321 e. The fraction of sp³-hybridized carbons (Fsp3) is 0.556. The minimum Gasteiger partial charge on any atom is -0.335 e. The van der Waals surface area contributed by atoms with Gasteiger partial charge in [-0.3, -0.25) is 15.0 Å². The Balaban J connectivity index is 1.79. The van der Waals surface area contributed by atoms with E-state index in [2.05, 4.69) is 26.6 Å². The van der Waals surface area contributed by atoms with E-state index in [1.54, 1.807) is 0 Å². The van der Waals surface area contributed by atoms with Crippen molar-refractivity contribution in [3.05, 3.63) is 34.3 Å². The molecule has 1 aliphatic carbocycles. The minimum absolute atomic E-state index is 0.197. The number of hydrogen-bond donors (Lipinski definition) is 2. The number of urea groups is 1. The molecule has 1 saturated carbocycles. The Morgan fingerprint density at radius 3 is 2.46 bits per heavy atom. The van der Waals surface area contributed by atoms with E-state index in [0.29, 0.717) is 6.54 Å².